The van der Waals surface area contributed by atoms with Crippen LogP contribution in [0.25, 0.3) is 0 Å². The molecule has 0 spiro atoms. The zero-order valence-electron chi connectivity index (χ0n) is 7.64. The van der Waals surface area contributed by atoms with Gasteiger partial charge in [-0.2, -0.15) is 0 Å². The number of thioether (sulfide) groups is 1. The van der Waals surface area contributed by atoms with E-state index in [0.29, 0.717) is 6.04 Å². The van der Waals surface area contributed by atoms with Crippen molar-refractivity contribution in [2.75, 3.05) is 5.75 Å². The molecular formula is C9H18NNaS2. The summed E-state index contributed by atoms with van der Waals surface area (Å²) in [4.78, 5) is 0. The Morgan fingerprint density at radius 3 is 2.54 bits per heavy atom. The van der Waals surface area contributed by atoms with Crippen LogP contribution in [0.5, 0.6) is 0 Å². The molecule has 1 nitrogen and oxygen atoms in total. The number of nitrogens with one attached hydrogen (secondary N) is 1. The van der Waals surface area contributed by atoms with E-state index in [0.717, 1.165) is 10.1 Å². The van der Waals surface area contributed by atoms with Crippen molar-refractivity contribution in [1.82, 2.24) is 5.32 Å². The first-order valence-corrected chi connectivity index (χ1v) is 6.15. The van der Waals surface area contributed by atoms with E-state index in [9.17, 15) is 0 Å². The SMILES string of the molecule is CCSC(=S)NC1CCCCC1.[NaH]. The third-order valence-electron chi connectivity index (χ3n) is 2.20. The van der Waals surface area contributed by atoms with Gasteiger partial charge in [0.15, 0.2) is 0 Å². The molecule has 0 amide bonds. The first kappa shape index (κ1) is 14.2. The van der Waals surface area contributed by atoms with Crippen LogP contribution in [-0.4, -0.2) is 45.7 Å². The quantitative estimate of drug-likeness (QED) is 0.574. The number of hydrogen-bond acceptors (Lipinski definition) is 2. The van der Waals surface area contributed by atoms with Gasteiger partial charge < -0.3 is 5.32 Å². The van der Waals surface area contributed by atoms with Gasteiger partial charge in [0.25, 0.3) is 0 Å². The molecule has 0 heterocycles. The number of thiocarbonyl (C=S) groups is 1. The van der Waals surface area contributed by atoms with Gasteiger partial charge in [-0.05, 0) is 18.6 Å². The summed E-state index contributed by atoms with van der Waals surface area (Å²) in [5, 5.41) is 3.41. The van der Waals surface area contributed by atoms with Crippen LogP contribution in [-0.2, 0) is 0 Å². The Bertz CT molecular complexity index is 147. The molecule has 0 aromatic rings. The molecule has 0 saturated heterocycles. The topological polar surface area (TPSA) is 12.0 Å². The van der Waals surface area contributed by atoms with E-state index in [1.54, 1.807) is 11.8 Å². The van der Waals surface area contributed by atoms with Gasteiger partial charge in [0.2, 0.25) is 0 Å². The molecule has 0 unspecified atom stereocenters. The summed E-state index contributed by atoms with van der Waals surface area (Å²) in [6.45, 7) is 2.14. The van der Waals surface area contributed by atoms with Gasteiger partial charge >= 0.3 is 29.6 Å². The van der Waals surface area contributed by atoms with Crippen molar-refractivity contribution in [2.24, 2.45) is 0 Å². The summed E-state index contributed by atoms with van der Waals surface area (Å²) in [7, 11) is 0. The molecule has 72 valence electrons. The zero-order valence-corrected chi connectivity index (χ0v) is 9.27. The average molecular weight is 227 g/mol. The molecule has 0 aromatic heterocycles. The van der Waals surface area contributed by atoms with Crippen LogP contribution in [0, 0.1) is 0 Å². The van der Waals surface area contributed by atoms with E-state index >= 15 is 0 Å². The molecule has 1 aliphatic rings. The summed E-state index contributed by atoms with van der Waals surface area (Å²) in [6, 6.07) is 0.672. The number of rotatable bonds is 2. The van der Waals surface area contributed by atoms with E-state index in [4.69, 9.17) is 12.2 Å². The molecule has 1 saturated carbocycles. The van der Waals surface area contributed by atoms with Crippen LogP contribution in [0.4, 0.5) is 0 Å². The first-order valence-electron chi connectivity index (χ1n) is 4.76. The van der Waals surface area contributed by atoms with Crippen LogP contribution in [0.2, 0.25) is 0 Å². The molecule has 0 bridgehead atoms. The van der Waals surface area contributed by atoms with Crippen molar-refractivity contribution >= 4 is 57.9 Å². The van der Waals surface area contributed by atoms with Gasteiger partial charge in [0.1, 0.15) is 4.32 Å². The van der Waals surface area contributed by atoms with Gasteiger partial charge in [0, 0.05) is 6.04 Å². The van der Waals surface area contributed by atoms with Gasteiger partial charge in [-0.15, -0.1) is 0 Å². The molecule has 1 aliphatic carbocycles. The second-order valence-electron chi connectivity index (χ2n) is 3.20. The van der Waals surface area contributed by atoms with E-state index in [-0.39, 0.29) is 29.6 Å². The molecule has 4 heteroatoms. The first-order chi connectivity index (χ1) is 5.83. The van der Waals surface area contributed by atoms with Crippen molar-refractivity contribution in [3.63, 3.8) is 0 Å². The fourth-order valence-corrected chi connectivity index (χ4v) is 2.62. The Balaban J connectivity index is 0.00000144. The van der Waals surface area contributed by atoms with Crippen molar-refractivity contribution in [3.8, 4) is 0 Å². The molecule has 0 aromatic carbocycles. The minimum atomic E-state index is 0. The predicted molar refractivity (Wildman–Crippen MR) is 67.9 cm³/mol. The monoisotopic (exact) mass is 227 g/mol. The second kappa shape index (κ2) is 8.54. The van der Waals surface area contributed by atoms with Crippen LogP contribution >= 0.6 is 24.0 Å². The number of hydrogen-bond donors (Lipinski definition) is 1. The fourth-order valence-electron chi connectivity index (χ4n) is 1.59. The summed E-state index contributed by atoms with van der Waals surface area (Å²) in [5.41, 5.74) is 0. The predicted octanol–water partition coefficient (Wildman–Crippen LogP) is 2.30. The Kier molecular flexibility index (Phi) is 9.36. The van der Waals surface area contributed by atoms with E-state index in [1.165, 1.54) is 32.1 Å². The van der Waals surface area contributed by atoms with Crippen LogP contribution in [0.3, 0.4) is 0 Å². The Morgan fingerprint density at radius 2 is 2.00 bits per heavy atom. The molecule has 0 radical (unpaired) electrons. The third-order valence-corrected chi connectivity index (χ3v) is 3.34. The van der Waals surface area contributed by atoms with Crippen molar-refractivity contribution < 1.29 is 0 Å². The summed E-state index contributed by atoms with van der Waals surface area (Å²) >= 11 is 6.93. The summed E-state index contributed by atoms with van der Waals surface area (Å²) in [5.74, 6) is 1.08. The summed E-state index contributed by atoms with van der Waals surface area (Å²) < 4.78 is 0.990. The van der Waals surface area contributed by atoms with Crippen LogP contribution in [0.1, 0.15) is 39.0 Å². The minimum absolute atomic E-state index is 0. The Labute approximate surface area is 113 Å². The van der Waals surface area contributed by atoms with E-state index in [1.807, 2.05) is 0 Å². The molecule has 0 atom stereocenters. The third kappa shape index (κ3) is 6.34. The average Bonchev–Trinajstić information content (AvgIpc) is 2.06. The van der Waals surface area contributed by atoms with Gasteiger partial charge in [-0.3, -0.25) is 0 Å². The van der Waals surface area contributed by atoms with Crippen LogP contribution in [0.15, 0.2) is 0 Å². The van der Waals surface area contributed by atoms with E-state index < -0.39 is 0 Å². The van der Waals surface area contributed by atoms with Gasteiger partial charge in [0.05, 0.1) is 0 Å². The maximum atomic E-state index is 5.19. The maximum absolute atomic E-state index is 5.19. The molecule has 1 rings (SSSR count). The zero-order chi connectivity index (χ0) is 8.81. The van der Waals surface area contributed by atoms with Crippen molar-refractivity contribution in [3.05, 3.63) is 0 Å². The Morgan fingerprint density at radius 1 is 1.38 bits per heavy atom. The molecule has 1 N–H and O–H groups in total. The summed E-state index contributed by atoms with van der Waals surface area (Å²) in [6.07, 6.45) is 6.77. The standard InChI is InChI=1S/C9H17NS2.Na.H/c1-2-12-9(11)10-8-6-4-3-5-7-8;;/h8H,2-7H2,1H3,(H,10,11);;. The van der Waals surface area contributed by atoms with E-state index in [2.05, 4.69) is 12.2 Å². The van der Waals surface area contributed by atoms with Gasteiger partial charge in [-0.25, -0.2) is 0 Å². The molecular weight excluding hydrogens is 209 g/mol. The molecule has 0 aliphatic heterocycles. The normalized spacial score (nSPS) is 17.6. The second-order valence-corrected chi connectivity index (χ2v) is 5.14. The fraction of sp³-hybridized carbons (Fsp3) is 0.889. The van der Waals surface area contributed by atoms with Gasteiger partial charge in [-0.1, -0.05) is 50.2 Å². The van der Waals surface area contributed by atoms with Crippen LogP contribution < -0.4 is 5.32 Å². The van der Waals surface area contributed by atoms with Crippen molar-refractivity contribution in [2.45, 2.75) is 45.1 Å². The molecule has 13 heavy (non-hydrogen) atoms. The molecule has 1 fully saturated rings. The van der Waals surface area contributed by atoms with Crippen molar-refractivity contribution in [1.29, 1.82) is 0 Å². The Hall–Kier alpha value is 1.24.